The highest BCUT2D eigenvalue weighted by molar-refractivity contribution is 6.31. The molecule has 7 nitrogen and oxygen atoms in total. The molecule has 4 rings (SSSR count). The Morgan fingerprint density at radius 3 is 2.66 bits per heavy atom. The SMILES string of the molecule is O=C(CCCc1nnc2c(=O)n(-c3ccc(F)c(F)c3)ccn12)NCc1ccccc1Cl. The van der Waals surface area contributed by atoms with Crippen molar-refractivity contribution in [2.24, 2.45) is 0 Å². The fraction of sp³-hybridized carbons (Fsp3) is 0.182. The number of nitrogens with zero attached hydrogens (tertiary/aromatic N) is 4. The van der Waals surface area contributed by atoms with Crippen LogP contribution in [0.5, 0.6) is 0 Å². The van der Waals surface area contributed by atoms with Gasteiger partial charge in [0.1, 0.15) is 5.82 Å². The van der Waals surface area contributed by atoms with Crippen molar-refractivity contribution in [2.75, 3.05) is 0 Å². The third-order valence-electron chi connectivity index (χ3n) is 4.96. The first-order valence-corrected chi connectivity index (χ1v) is 10.2. The number of rotatable bonds is 7. The average molecular weight is 458 g/mol. The second kappa shape index (κ2) is 9.27. The molecule has 0 aliphatic carbocycles. The summed E-state index contributed by atoms with van der Waals surface area (Å²) in [5.74, 6) is -1.65. The van der Waals surface area contributed by atoms with E-state index in [-0.39, 0.29) is 23.7 Å². The molecule has 1 N–H and O–H groups in total. The summed E-state index contributed by atoms with van der Waals surface area (Å²) in [6.07, 6.45) is 4.21. The van der Waals surface area contributed by atoms with Crippen LogP contribution in [0.15, 0.2) is 59.7 Å². The smallest absolute Gasteiger partial charge is 0.300 e. The number of fused-ring (bicyclic) bond motifs is 1. The van der Waals surface area contributed by atoms with Crippen LogP contribution in [0.25, 0.3) is 11.3 Å². The van der Waals surface area contributed by atoms with E-state index in [1.54, 1.807) is 12.3 Å². The highest BCUT2D eigenvalue weighted by Crippen LogP contribution is 2.15. The number of nitrogens with one attached hydrogen (secondary N) is 1. The molecule has 0 aliphatic heterocycles. The molecule has 32 heavy (non-hydrogen) atoms. The van der Waals surface area contributed by atoms with Crippen LogP contribution in [0.4, 0.5) is 8.78 Å². The van der Waals surface area contributed by atoms with Crippen LogP contribution >= 0.6 is 11.6 Å². The number of halogens is 3. The summed E-state index contributed by atoms with van der Waals surface area (Å²) in [5.41, 5.74) is 0.546. The quantitative estimate of drug-likeness (QED) is 0.461. The molecule has 0 unspecified atom stereocenters. The predicted octanol–water partition coefficient (Wildman–Crippen LogP) is 3.45. The minimum atomic E-state index is -1.05. The number of hydrogen-bond donors (Lipinski definition) is 1. The van der Waals surface area contributed by atoms with Crippen molar-refractivity contribution in [1.29, 1.82) is 0 Å². The molecule has 0 aliphatic rings. The summed E-state index contributed by atoms with van der Waals surface area (Å²) >= 11 is 6.08. The van der Waals surface area contributed by atoms with E-state index in [1.807, 2.05) is 18.2 Å². The molecule has 164 valence electrons. The van der Waals surface area contributed by atoms with Crippen molar-refractivity contribution >= 4 is 23.2 Å². The molecule has 2 aromatic heterocycles. The highest BCUT2D eigenvalue weighted by Gasteiger charge is 2.13. The molecule has 4 aromatic rings. The standard InChI is InChI=1S/C22H18ClF2N5O2/c23-16-5-2-1-4-14(16)13-26-20(31)7-3-6-19-27-28-21-22(32)29(10-11-30(19)21)15-8-9-17(24)18(25)12-15/h1-2,4-5,8-12H,3,6-7,13H2,(H,26,31). The first kappa shape index (κ1) is 21.6. The second-order valence-corrected chi connectivity index (χ2v) is 7.51. The number of carbonyl (C=O) groups excluding carboxylic acids is 1. The van der Waals surface area contributed by atoms with Crippen LogP contribution in [0.3, 0.4) is 0 Å². The van der Waals surface area contributed by atoms with Gasteiger partial charge in [-0.15, -0.1) is 10.2 Å². The molecule has 0 radical (unpaired) electrons. The molecule has 2 aromatic carbocycles. The van der Waals surface area contributed by atoms with E-state index in [0.29, 0.717) is 30.2 Å². The summed E-state index contributed by atoms with van der Waals surface area (Å²) in [5, 5.41) is 11.4. The van der Waals surface area contributed by atoms with E-state index in [0.717, 1.165) is 17.7 Å². The zero-order chi connectivity index (χ0) is 22.7. The summed E-state index contributed by atoms with van der Waals surface area (Å²) in [4.78, 5) is 24.8. The fourth-order valence-corrected chi connectivity index (χ4v) is 3.48. The minimum Gasteiger partial charge on any atom is -0.352 e. The predicted molar refractivity (Wildman–Crippen MR) is 115 cm³/mol. The van der Waals surface area contributed by atoms with E-state index >= 15 is 0 Å². The van der Waals surface area contributed by atoms with Crippen molar-refractivity contribution in [1.82, 2.24) is 24.5 Å². The van der Waals surface area contributed by atoms with Crippen LogP contribution in [0, 0.1) is 11.6 Å². The van der Waals surface area contributed by atoms with Gasteiger partial charge in [-0.05, 0) is 30.2 Å². The maximum atomic E-state index is 13.5. The maximum Gasteiger partial charge on any atom is 0.300 e. The van der Waals surface area contributed by atoms with E-state index in [9.17, 15) is 18.4 Å². The Balaban J connectivity index is 1.40. The summed E-state index contributed by atoms with van der Waals surface area (Å²) in [6.45, 7) is 0.343. The molecule has 0 bridgehead atoms. The van der Waals surface area contributed by atoms with Gasteiger partial charge in [-0.3, -0.25) is 18.6 Å². The Labute approximate surface area is 186 Å². The summed E-state index contributed by atoms with van der Waals surface area (Å²) in [7, 11) is 0. The van der Waals surface area contributed by atoms with E-state index < -0.39 is 17.2 Å². The first-order chi connectivity index (χ1) is 15.4. The van der Waals surface area contributed by atoms with Gasteiger partial charge in [-0.25, -0.2) is 8.78 Å². The molecule has 0 saturated heterocycles. The van der Waals surface area contributed by atoms with Gasteiger partial charge in [0.25, 0.3) is 0 Å². The lowest BCUT2D eigenvalue weighted by molar-refractivity contribution is -0.121. The number of carbonyl (C=O) groups is 1. The molecule has 1 amide bonds. The third-order valence-corrected chi connectivity index (χ3v) is 5.33. The Hall–Kier alpha value is -3.59. The summed E-state index contributed by atoms with van der Waals surface area (Å²) < 4.78 is 29.4. The molecule has 0 spiro atoms. The van der Waals surface area contributed by atoms with Crippen molar-refractivity contribution in [3.8, 4) is 5.69 Å². The number of hydrogen-bond acceptors (Lipinski definition) is 4. The summed E-state index contributed by atoms with van der Waals surface area (Å²) in [6, 6.07) is 10.5. The van der Waals surface area contributed by atoms with Crippen molar-refractivity contribution in [2.45, 2.75) is 25.8 Å². The second-order valence-electron chi connectivity index (χ2n) is 7.10. The topological polar surface area (TPSA) is 81.3 Å². The lowest BCUT2D eigenvalue weighted by Gasteiger charge is -2.08. The van der Waals surface area contributed by atoms with Crippen molar-refractivity contribution in [3.05, 3.63) is 93.3 Å². The molecular formula is C22H18ClF2N5O2. The average Bonchev–Trinajstić information content (AvgIpc) is 3.19. The number of amides is 1. The van der Waals surface area contributed by atoms with Gasteiger partial charge in [0.05, 0.1) is 5.69 Å². The highest BCUT2D eigenvalue weighted by atomic mass is 35.5. The maximum absolute atomic E-state index is 13.5. The Morgan fingerprint density at radius 2 is 1.88 bits per heavy atom. The normalized spacial score (nSPS) is 11.1. The molecule has 10 heteroatoms. The van der Waals surface area contributed by atoms with Crippen molar-refractivity contribution < 1.29 is 13.6 Å². The number of aryl methyl sites for hydroxylation is 1. The number of benzene rings is 2. The molecular weight excluding hydrogens is 440 g/mol. The third kappa shape index (κ3) is 4.52. The monoisotopic (exact) mass is 457 g/mol. The molecule has 0 atom stereocenters. The van der Waals surface area contributed by atoms with Crippen LogP contribution < -0.4 is 10.9 Å². The Bertz CT molecular complexity index is 1350. The van der Waals surface area contributed by atoms with Gasteiger partial charge < -0.3 is 5.32 Å². The largest absolute Gasteiger partial charge is 0.352 e. The van der Waals surface area contributed by atoms with Gasteiger partial charge >= 0.3 is 5.56 Å². The first-order valence-electron chi connectivity index (χ1n) is 9.85. The van der Waals surface area contributed by atoms with Gasteiger partial charge in [0, 0.05) is 42.9 Å². The lowest BCUT2D eigenvalue weighted by atomic mass is 10.2. The molecule has 2 heterocycles. The zero-order valence-corrected chi connectivity index (χ0v) is 17.5. The van der Waals surface area contributed by atoms with Gasteiger partial charge in [-0.2, -0.15) is 0 Å². The van der Waals surface area contributed by atoms with Gasteiger partial charge in [0.15, 0.2) is 11.6 Å². The van der Waals surface area contributed by atoms with Crippen LogP contribution in [-0.4, -0.2) is 25.1 Å². The van der Waals surface area contributed by atoms with Crippen LogP contribution in [0.2, 0.25) is 5.02 Å². The lowest BCUT2D eigenvalue weighted by Crippen LogP contribution is -2.23. The Morgan fingerprint density at radius 1 is 1.06 bits per heavy atom. The van der Waals surface area contributed by atoms with Gasteiger partial charge in [0.2, 0.25) is 11.6 Å². The molecule has 0 fully saturated rings. The fourth-order valence-electron chi connectivity index (χ4n) is 3.27. The van der Waals surface area contributed by atoms with Gasteiger partial charge in [-0.1, -0.05) is 29.8 Å². The van der Waals surface area contributed by atoms with Crippen molar-refractivity contribution in [3.63, 3.8) is 0 Å². The Kier molecular flexibility index (Phi) is 6.27. The molecule has 0 saturated carbocycles. The van der Waals surface area contributed by atoms with E-state index in [2.05, 4.69) is 15.5 Å². The van der Waals surface area contributed by atoms with E-state index in [4.69, 9.17) is 11.6 Å². The van der Waals surface area contributed by atoms with Crippen LogP contribution in [0.1, 0.15) is 24.2 Å². The van der Waals surface area contributed by atoms with Crippen LogP contribution in [-0.2, 0) is 17.8 Å². The number of aromatic nitrogens is 4. The minimum absolute atomic E-state index is 0.0513. The van der Waals surface area contributed by atoms with E-state index in [1.165, 1.54) is 21.2 Å². The zero-order valence-electron chi connectivity index (χ0n) is 16.8.